The Kier molecular flexibility index (Phi) is 6.08. The quantitative estimate of drug-likeness (QED) is 0.387. The van der Waals surface area contributed by atoms with Crippen LogP contribution in [0.3, 0.4) is 0 Å². The molecular weight excluding hydrogens is 491 g/mol. The molecule has 2 aliphatic rings. The van der Waals surface area contributed by atoms with Crippen molar-refractivity contribution in [2.75, 3.05) is 28.6 Å². The first-order chi connectivity index (χ1) is 17.4. The number of hydrogen-bond donors (Lipinski definition) is 4. The number of nitrogens with zero attached hydrogens (tertiary/aromatic N) is 7. The third kappa shape index (κ3) is 4.61. The summed E-state index contributed by atoms with van der Waals surface area (Å²) in [4.78, 5) is 21.3. The van der Waals surface area contributed by atoms with Crippen LogP contribution in [0.25, 0.3) is 5.65 Å². The van der Waals surface area contributed by atoms with Gasteiger partial charge in [0.25, 0.3) is 0 Å². The molecule has 2 aromatic heterocycles. The molecule has 184 valence electrons. The standard InChI is InChI=1S/C22H20ClFN10O2/c23-18-16(5-11(7-25)6-17(18)33-4-3-15(14(24)10-33)30-22(35)36)29-21-31-19(28-12-1-2-12)20-27-9-13(8-26)34(20)32-21/h5-6,9,12,14-15,30H,1-4,10H2,(H,35,36)(H2,28,29,31,32)/t14-,15+/m0/s1. The van der Waals surface area contributed by atoms with Gasteiger partial charge in [0.15, 0.2) is 17.2 Å². The first-order valence-corrected chi connectivity index (χ1v) is 11.6. The van der Waals surface area contributed by atoms with Crippen molar-refractivity contribution in [3.05, 3.63) is 34.6 Å². The topological polar surface area (TPSA) is 167 Å². The van der Waals surface area contributed by atoms with Gasteiger partial charge >= 0.3 is 6.09 Å². The van der Waals surface area contributed by atoms with Gasteiger partial charge in [-0.05, 0) is 31.4 Å². The van der Waals surface area contributed by atoms with Gasteiger partial charge in [-0.15, -0.1) is 5.10 Å². The smallest absolute Gasteiger partial charge is 0.404 e. The van der Waals surface area contributed by atoms with Crippen molar-refractivity contribution in [3.63, 3.8) is 0 Å². The van der Waals surface area contributed by atoms with Gasteiger partial charge in [0.1, 0.15) is 12.2 Å². The van der Waals surface area contributed by atoms with Gasteiger partial charge in [0.2, 0.25) is 5.95 Å². The number of amides is 1. The van der Waals surface area contributed by atoms with Crippen molar-refractivity contribution in [1.82, 2.24) is 24.9 Å². The van der Waals surface area contributed by atoms with Crippen LogP contribution in [0.15, 0.2) is 18.3 Å². The highest BCUT2D eigenvalue weighted by molar-refractivity contribution is 6.36. The largest absolute Gasteiger partial charge is 0.465 e. The second-order valence-corrected chi connectivity index (χ2v) is 8.97. The summed E-state index contributed by atoms with van der Waals surface area (Å²) in [6, 6.07) is 6.64. The summed E-state index contributed by atoms with van der Waals surface area (Å²) in [7, 11) is 0. The van der Waals surface area contributed by atoms with Crippen LogP contribution in [-0.2, 0) is 0 Å². The average Bonchev–Trinajstić information content (AvgIpc) is 3.57. The predicted molar refractivity (Wildman–Crippen MR) is 128 cm³/mol. The van der Waals surface area contributed by atoms with E-state index in [0.717, 1.165) is 12.8 Å². The van der Waals surface area contributed by atoms with Gasteiger partial charge in [-0.1, -0.05) is 11.6 Å². The highest BCUT2D eigenvalue weighted by atomic mass is 35.5. The molecule has 36 heavy (non-hydrogen) atoms. The number of anilines is 4. The fraction of sp³-hybridized carbons (Fsp3) is 0.364. The molecule has 1 saturated carbocycles. The van der Waals surface area contributed by atoms with Gasteiger partial charge in [0, 0.05) is 12.6 Å². The molecule has 0 radical (unpaired) electrons. The minimum Gasteiger partial charge on any atom is -0.465 e. The fourth-order valence-corrected chi connectivity index (χ4v) is 4.36. The molecule has 0 bridgehead atoms. The minimum atomic E-state index is -1.46. The molecule has 5 rings (SSSR count). The van der Waals surface area contributed by atoms with Crippen molar-refractivity contribution >= 4 is 46.5 Å². The zero-order valence-corrected chi connectivity index (χ0v) is 19.5. The van der Waals surface area contributed by atoms with E-state index in [0.29, 0.717) is 29.4 Å². The zero-order valence-electron chi connectivity index (χ0n) is 18.7. The molecule has 0 spiro atoms. The maximum Gasteiger partial charge on any atom is 0.404 e. The second kappa shape index (κ2) is 9.36. The van der Waals surface area contributed by atoms with Gasteiger partial charge in [-0.3, -0.25) is 0 Å². The zero-order chi connectivity index (χ0) is 25.4. The lowest BCUT2D eigenvalue weighted by atomic mass is 10.0. The van der Waals surface area contributed by atoms with E-state index in [-0.39, 0.29) is 41.2 Å². The summed E-state index contributed by atoms with van der Waals surface area (Å²) in [5.41, 5.74) is 1.65. The van der Waals surface area contributed by atoms with Crippen LogP contribution in [-0.4, -0.2) is 62.1 Å². The number of benzene rings is 1. The minimum absolute atomic E-state index is 0.0997. The van der Waals surface area contributed by atoms with Gasteiger partial charge in [-0.2, -0.15) is 20.0 Å². The maximum absolute atomic E-state index is 14.7. The third-order valence-electron chi connectivity index (χ3n) is 6.01. The highest BCUT2D eigenvalue weighted by Crippen LogP contribution is 2.37. The molecule has 2 atom stereocenters. The highest BCUT2D eigenvalue weighted by Gasteiger charge is 2.32. The Balaban J connectivity index is 1.48. The molecule has 1 saturated heterocycles. The molecule has 1 aromatic carbocycles. The van der Waals surface area contributed by atoms with E-state index in [2.05, 4.69) is 37.1 Å². The first kappa shape index (κ1) is 23.4. The number of piperidine rings is 1. The Morgan fingerprint density at radius 3 is 2.72 bits per heavy atom. The predicted octanol–water partition coefficient (Wildman–Crippen LogP) is 3.02. The molecule has 3 aromatic rings. The molecule has 14 heteroatoms. The molecule has 1 amide bonds. The number of fused-ring (bicyclic) bond motifs is 1. The number of hydrogen-bond acceptors (Lipinski definition) is 9. The van der Waals surface area contributed by atoms with Crippen molar-refractivity contribution in [1.29, 1.82) is 10.5 Å². The summed E-state index contributed by atoms with van der Waals surface area (Å²) in [6.45, 7) is 0.232. The molecule has 1 aliphatic heterocycles. The van der Waals surface area contributed by atoms with E-state index in [1.54, 1.807) is 11.0 Å². The Morgan fingerprint density at radius 1 is 1.25 bits per heavy atom. The van der Waals surface area contributed by atoms with Crippen molar-refractivity contribution in [3.8, 4) is 12.1 Å². The number of alkyl halides is 1. The number of carboxylic acid groups (broad SMARTS) is 1. The number of carbonyl (C=O) groups is 1. The summed E-state index contributed by atoms with van der Waals surface area (Å²) < 4.78 is 16.1. The van der Waals surface area contributed by atoms with Gasteiger partial charge < -0.3 is 26.0 Å². The monoisotopic (exact) mass is 510 g/mol. The number of nitriles is 2. The molecule has 12 nitrogen and oxygen atoms in total. The SMILES string of the molecule is N#Cc1cc(Nc2nc(NC3CC3)c3ncc(C#N)n3n2)c(Cl)c(N2CC[C@@H](NC(=O)O)[C@@H](F)C2)c1. The number of rotatable bonds is 6. The molecule has 2 fully saturated rings. The molecule has 4 N–H and O–H groups in total. The number of aromatic nitrogens is 4. The number of halogens is 2. The summed E-state index contributed by atoms with van der Waals surface area (Å²) in [5.74, 6) is 0.577. The summed E-state index contributed by atoms with van der Waals surface area (Å²) in [6.07, 6.45) is 0.898. The van der Waals surface area contributed by atoms with E-state index in [1.807, 2.05) is 6.07 Å². The molecule has 3 heterocycles. The van der Waals surface area contributed by atoms with E-state index in [9.17, 15) is 19.7 Å². The second-order valence-electron chi connectivity index (χ2n) is 8.59. The fourth-order valence-electron chi connectivity index (χ4n) is 4.09. The summed E-state index contributed by atoms with van der Waals surface area (Å²) in [5, 5.41) is 41.0. The lowest BCUT2D eigenvalue weighted by Crippen LogP contribution is -2.52. The number of imidazole rings is 1. The molecular formula is C22H20ClFN10O2. The normalized spacial score (nSPS) is 19.4. The van der Waals surface area contributed by atoms with E-state index < -0.39 is 18.3 Å². The van der Waals surface area contributed by atoms with Crippen LogP contribution in [0.1, 0.15) is 30.5 Å². The first-order valence-electron chi connectivity index (χ1n) is 11.2. The van der Waals surface area contributed by atoms with Crippen LogP contribution in [0, 0.1) is 22.7 Å². The molecule has 0 unspecified atom stereocenters. The van der Waals surface area contributed by atoms with Crippen molar-refractivity contribution in [2.24, 2.45) is 0 Å². The third-order valence-corrected chi connectivity index (χ3v) is 6.41. The Bertz CT molecular complexity index is 1430. The van der Waals surface area contributed by atoms with Crippen molar-refractivity contribution in [2.45, 2.75) is 37.5 Å². The lowest BCUT2D eigenvalue weighted by Gasteiger charge is -2.36. The molecule has 1 aliphatic carbocycles. The van der Waals surface area contributed by atoms with Crippen LogP contribution >= 0.6 is 11.6 Å². The van der Waals surface area contributed by atoms with Crippen LogP contribution in [0.5, 0.6) is 0 Å². The van der Waals surface area contributed by atoms with E-state index >= 15 is 0 Å². The Labute approximate surface area is 209 Å². The van der Waals surface area contributed by atoms with Crippen LogP contribution in [0.2, 0.25) is 5.02 Å². The van der Waals surface area contributed by atoms with Gasteiger partial charge in [-0.25, -0.2) is 14.2 Å². The lowest BCUT2D eigenvalue weighted by molar-refractivity contribution is 0.168. The number of nitrogens with one attached hydrogen (secondary N) is 3. The van der Waals surface area contributed by atoms with E-state index in [1.165, 1.54) is 16.8 Å². The summed E-state index contributed by atoms with van der Waals surface area (Å²) >= 11 is 6.69. The Hall–Kier alpha value is -4.36. The average molecular weight is 511 g/mol. The Morgan fingerprint density at radius 2 is 2.06 bits per heavy atom. The van der Waals surface area contributed by atoms with Crippen LogP contribution in [0.4, 0.5) is 32.3 Å². The van der Waals surface area contributed by atoms with E-state index in [4.69, 9.17) is 16.7 Å². The maximum atomic E-state index is 14.7. The van der Waals surface area contributed by atoms with Gasteiger partial charge in [0.05, 0.1) is 46.8 Å². The van der Waals surface area contributed by atoms with Crippen molar-refractivity contribution < 1.29 is 14.3 Å². The van der Waals surface area contributed by atoms with Crippen LogP contribution < -0.4 is 20.9 Å².